The van der Waals surface area contributed by atoms with Crippen LogP contribution in [0.3, 0.4) is 0 Å². The number of carbonyl (C=O) groups is 1. The maximum absolute atomic E-state index is 13.0. The zero-order chi connectivity index (χ0) is 17.1. The summed E-state index contributed by atoms with van der Waals surface area (Å²) in [6.07, 6.45) is 10.4. The molecule has 0 spiro atoms. The third-order valence-corrected chi connectivity index (χ3v) is 6.79. The predicted octanol–water partition coefficient (Wildman–Crippen LogP) is 2.45. The zero-order valence-electron chi connectivity index (χ0n) is 15.5. The first kappa shape index (κ1) is 17.1. The van der Waals surface area contributed by atoms with E-state index in [0.717, 1.165) is 38.3 Å². The number of carbonyl (C=O) groups excluding carboxylic acids is 1. The van der Waals surface area contributed by atoms with Crippen molar-refractivity contribution in [3.05, 3.63) is 35.4 Å². The molecule has 3 nitrogen and oxygen atoms in total. The van der Waals surface area contributed by atoms with E-state index in [2.05, 4.69) is 29.2 Å². The second-order valence-corrected chi connectivity index (χ2v) is 8.51. The molecule has 1 N–H and O–H groups in total. The number of nitrogens with zero attached hydrogens (tertiary/aromatic N) is 1. The minimum atomic E-state index is 0.278. The fourth-order valence-corrected chi connectivity index (χ4v) is 5.22. The van der Waals surface area contributed by atoms with Gasteiger partial charge in [0.2, 0.25) is 5.91 Å². The van der Waals surface area contributed by atoms with Crippen molar-refractivity contribution >= 4 is 5.91 Å². The van der Waals surface area contributed by atoms with Gasteiger partial charge in [0.1, 0.15) is 0 Å². The highest BCUT2D eigenvalue weighted by molar-refractivity contribution is 5.79. The molecule has 3 heteroatoms. The van der Waals surface area contributed by atoms with Crippen molar-refractivity contribution < 1.29 is 9.69 Å². The average molecular weight is 342 g/mol. The number of piperidine rings is 1. The standard InChI is InChI=1S/C22H32N2O/c25-22(24-15-12-19-8-4-5-9-21(19)17-24)20-10-13-23(14-11-20)16-18-6-2-1-3-7-18/h4-5,8-9,18,20H,1-3,6-7,10-17H2/p+1. The van der Waals surface area contributed by atoms with Gasteiger partial charge in [-0.1, -0.05) is 43.5 Å². The van der Waals surface area contributed by atoms with Crippen LogP contribution in [0.25, 0.3) is 0 Å². The van der Waals surface area contributed by atoms with Crippen molar-refractivity contribution in [3.8, 4) is 0 Å². The van der Waals surface area contributed by atoms with Crippen molar-refractivity contribution in [3.63, 3.8) is 0 Å². The number of quaternary nitrogens is 1. The molecule has 0 atom stereocenters. The topological polar surface area (TPSA) is 24.8 Å². The molecule has 0 unspecified atom stereocenters. The Balaban J connectivity index is 1.27. The summed E-state index contributed by atoms with van der Waals surface area (Å²) in [5, 5.41) is 0. The van der Waals surface area contributed by atoms with E-state index >= 15 is 0 Å². The van der Waals surface area contributed by atoms with Crippen LogP contribution >= 0.6 is 0 Å². The minimum absolute atomic E-state index is 0.278. The van der Waals surface area contributed by atoms with Gasteiger partial charge >= 0.3 is 0 Å². The van der Waals surface area contributed by atoms with Crippen LogP contribution in [0, 0.1) is 11.8 Å². The summed E-state index contributed by atoms with van der Waals surface area (Å²) in [5.41, 5.74) is 2.78. The molecule has 4 rings (SSSR count). The summed E-state index contributed by atoms with van der Waals surface area (Å²) in [6, 6.07) is 8.61. The highest BCUT2D eigenvalue weighted by Crippen LogP contribution is 2.24. The Labute approximate surface area is 152 Å². The van der Waals surface area contributed by atoms with Crippen molar-refractivity contribution in [2.45, 2.75) is 57.9 Å². The fourth-order valence-electron chi connectivity index (χ4n) is 5.22. The van der Waals surface area contributed by atoms with Gasteiger partial charge in [-0.2, -0.15) is 0 Å². The molecule has 1 saturated heterocycles. The van der Waals surface area contributed by atoms with Gasteiger partial charge in [-0.3, -0.25) is 4.79 Å². The monoisotopic (exact) mass is 341 g/mol. The normalized spacial score (nSPS) is 27.8. The summed E-state index contributed by atoms with van der Waals surface area (Å²) >= 11 is 0. The second kappa shape index (κ2) is 7.90. The van der Waals surface area contributed by atoms with Gasteiger partial charge in [0, 0.05) is 37.8 Å². The van der Waals surface area contributed by atoms with Gasteiger partial charge in [0.25, 0.3) is 0 Å². The summed E-state index contributed by atoms with van der Waals surface area (Å²) < 4.78 is 0. The first-order valence-corrected chi connectivity index (χ1v) is 10.5. The summed E-state index contributed by atoms with van der Waals surface area (Å²) in [7, 11) is 0. The number of hydrogen-bond donors (Lipinski definition) is 1. The third-order valence-electron chi connectivity index (χ3n) is 6.79. The molecule has 25 heavy (non-hydrogen) atoms. The first-order chi connectivity index (χ1) is 12.3. The van der Waals surface area contributed by atoms with Crippen molar-refractivity contribution in [1.82, 2.24) is 4.90 Å². The van der Waals surface area contributed by atoms with Gasteiger partial charge in [-0.15, -0.1) is 0 Å². The van der Waals surface area contributed by atoms with E-state index in [1.54, 1.807) is 4.90 Å². The van der Waals surface area contributed by atoms with E-state index in [1.165, 1.54) is 62.9 Å². The van der Waals surface area contributed by atoms with Crippen LogP contribution in [0.15, 0.2) is 24.3 Å². The lowest BCUT2D eigenvalue weighted by Gasteiger charge is -2.36. The molecule has 3 aliphatic rings. The Bertz CT molecular complexity index is 585. The van der Waals surface area contributed by atoms with Gasteiger partial charge in [0.05, 0.1) is 19.6 Å². The lowest BCUT2D eigenvalue weighted by Crippen LogP contribution is -3.13. The fraction of sp³-hybridized carbons (Fsp3) is 0.682. The molecule has 136 valence electrons. The van der Waals surface area contributed by atoms with Crippen molar-refractivity contribution in [1.29, 1.82) is 0 Å². The van der Waals surface area contributed by atoms with Gasteiger partial charge < -0.3 is 9.80 Å². The highest BCUT2D eigenvalue weighted by atomic mass is 16.2. The molecular formula is C22H33N2O+. The predicted molar refractivity (Wildman–Crippen MR) is 100 cm³/mol. The second-order valence-electron chi connectivity index (χ2n) is 8.51. The molecule has 0 radical (unpaired) electrons. The molecule has 0 aromatic heterocycles. The molecule has 0 bridgehead atoms. The quantitative estimate of drug-likeness (QED) is 0.897. The Morgan fingerprint density at radius 3 is 2.48 bits per heavy atom. The Morgan fingerprint density at radius 2 is 1.72 bits per heavy atom. The van der Waals surface area contributed by atoms with Crippen molar-refractivity contribution in [2.75, 3.05) is 26.2 Å². The van der Waals surface area contributed by atoms with E-state index < -0.39 is 0 Å². The largest absolute Gasteiger partial charge is 0.338 e. The number of hydrogen-bond acceptors (Lipinski definition) is 1. The van der Waals surface area contributed by atoms with Crippen molar-refractivity contribution in [2.24, 2.45) is 11.8 Å². The van der Waals surface area contributed by atoms with Crippen LogP contribution in [-0.2, 0) is 17.8 Å². The minimum Gasteiger partial charge on any atom is -0.338 e. The first-order valence-electron chi connectivity index (χ1n) is 10.5. The zero-order valence-corrected chi connectivity index (χ0v) is 15.5. The summed E-state index contributed by atoms with van der Waals surface area (Å²) in [6.45, 7) is 5.50. The summed E-state index contributed by atoms with van der Waals surface area (Å²) in [5.74, 6) is 1.65. The van der Waals surface area contributed by atoms with E-state index in [1.807, 2.05) is 0 Å². The molecule has 1 aromatic carbocycles. The average Bonchev–Trinajstić information content (AvgIpc) is 2.68. The molecule has 1 saturated carbocycles. The van der Waals surface area contributed by atoms with Gasteiger partial charge in [-0.05, 0) is 30.4 Å². The van der Waals surface area contributed by atoms with Crippen LogP contribution in [0.2, 0.25) is 0 Å². The Hall–Kier alpha value is -1.35. The number of likely N-dealkylation sites (tertiary alicyclic amines) is 1. The number of benzene rings is 1. The molecular weight excluding hydrogens is 308 g/mol. The van der Waals surface area contributed by atoms with E-state index in [0.29, 0.717) is 5.91 Å². The summed E-state index contributed by atoms with van der Waals surface area (Å²) in [4.78, 5) is 16.9. The number of rotatable bonds is 3. The van der Waals surface area contributed by atoms with E-state index in [-0.39, 0.29) is 5.92 Å². The third kappa shape index (κ3) is 4.08. The molecule has 2 aliphatic heterocycles. The Kier molecular flexibility index (Phi) is 5.40. The van der Waals surface area contributed by atoms with Gasteiger partial charge in [-0.25, -0.2) is 0 Å². The smallest absolute Gasteiger partial charge is 0.226 e. The van der Waals surface area contributed by atoms with Crippen LogP contribution < -0.4 is 4.90 Å². The van der Waals surface area contributed by atoms with Crippen LogP contribution in [0.5, 0.6) is 0 Å². The number of amides is 1. The van der Waals surface area contributed by atoms with Crippen LogP contribution in [-0.4, -0.2) is 37.0 Å². The molecule has 2 fully saturated rings. The number of nitrogens with one attached hydrogen (secondary N) is 1. The lowest BCUT2D eigenvalue weighted by atomic mass is 9.87. The molecule has 1 amide bonds. The molecule has 1 aliphatic carbocycles. The molecule has 2 heterocycles. The van der Waals surface area contributed by atoms with E-state index in [4.69, 9.17) is 0 Å². The Morgan fingerprint density at radius 1 is 1.00 bits per heavy atom. The maximum atomic E-state index is 13.0. The SMILES string of the molecule is O=C(C1CC[NH+](CC2CCCCC2)CC1)N1CCc2ccccc2C1. The van der Waals surface area contributed by atoms with E-state index in [9.17, 15) is 4.79 Å². The van der Waals surface area contributed by atoms with Crippen LogP contribution in [0.4, 0.5) is 0 Å². The van der Waals surface area contributed by atoms with Gasteiger partial charge in [0.15, 0.2) is 0 Å². The highest BCUT2D eigenvalue weighted by Gasteiger charge is 2.32. The maximum Gasteiger partial charge on any atom is 0.226 e. The van der Waals surface area contributed by atoms with Crippen LogP contribution in [0.1, 0.15) is 56.1 Å². The number of fused-ring (bicyclic) bond motifs is 1. The molecule has 1 aromatic rings. The lowest BCUT2D eigenvalue weighted by molar-refractivity contribution is -0.909.